The van der Waals surface area contributed by atoms with Gasteiger partial charge in [-0.05, 0) is 31.2 Å². The van der Waals surface area contributed by atoms with Crippen molar-refractivity contribution in [3.8, 4) is 0 Å². The maximum atomic E-state index is 3.92. The van der Waals surface area contributed by atoms with Gasteiger partial charge < -0.3 is 5.32 Å². The van der Waals surface area contributed by atoms with E-state index >= 15 is 0 Å². The van der Waals surface area contributed by atoms with Gasteiger partial charge >= 0.3 is 0 Å². The lowest BCUT2D eigenvalue weighted by Gasteiger charge is -2.28. The quantitative estimate of drug-likeness (QED) is 0.631. The Morgan fingerprint density at radius 2 is 1.93 bits per heavy atom. The van der Waals surface area contributed by atoms with E-state index in [1.807, 2.05) is 7.05 Å². The van der Waals surface area contributed by atoms with Crippen LogP contribution in [0.2, 0.25) is 0 Å². The molecule has 0 aromatic carbocycles. The highest BCUT2D eigenvalue weighted by Crippen LogP contribution is 2.30. The van der Waals surface area contributed by atoms with Crippen LogP contribution in [0.3, 0.4) is 0 Å². The minimum absolute atomic E-state index is 0.563. The molecule has 0 aromatic rings. The molecule has 88 valence electrons. The lowest BCUT2D eigenvalue weighted by Crippen LogP contribution is -2.20. The highest BCUT2D eigenvalue weighted by atomic mass is 14.8. The third kappa shape index (κ3) is 4.65. The summed E-state index contributed by atoms with van der Waals surface area (Å²) in [5, 5.41) is 3.18. The Hall–Kier alpha value is -0.560. The van der Waals surface area contributed by atoms with E-state index in [9.17, 15) is 0 Å². The highest BCUT2D eigenvalue weighted by molar-refractivity contribution is 5.11. The lowest BCUT2D eigenvalue weighted by atomic mass is 9.78. The fourth-order valence-corrected chi connectivity index (χ4v) is 2.27. The molecule has 1 nitrogen and oxygen atoms in total. The second-order valence-corrected chi connectivity index (χ2v) is 4.55. The Morgan fingerprint density at radius 3 is 2.27 bits per heavy atom. The van der Waals surface area contributed by atoms with Gasteiger partial charge in [0, 0.05) is 6.54 Å². The molecule has 0 saturated carbocycles. The maximum Gasteiger partial charge on any atom is 0.0134 e. The second kappa shape index (κ2) is 7.70. The molecule has 0 rings (SSSR count). The third-order valence-electron chi connectivity index (χ3n) is 3.06. The van der Waals surface area contributed by atoms with E-state index in [0.717, 1.165) is 13.0 Å². The molecule has 0 aromatic heterocycles. The van der Waals surface area contributed by atoms with Crippen molar-refractivity contribution in [2.75, 3.05) is 13.6 Å². The normalized spacial score (nSPS) is 16.5. The standard InChI is InChI=1S/C14H27N/c1-7-12(5)14(11(3)4)13(8-2)9-10-15-6/h7,9,11-12,14-15H,1,8,10H2,2-6H3. The molecule has 0 saturated heterocycles. The average Bonchev–Trinajstić information content (AvgIpc) is 2.22. The molecule has 15 heavy (non-hydrogen) atoms. The van der Waals surface area contributed by atoms with Gasteiger partial charge in [-0.3, -0.25) is 0 Å². The molecule has 0 fully saturated rings. The Balaban J connectivity index is 4.77. The van der Waals surface area contributed by atoms with E-state index < -0.39 is 0 Å². The fraction of sp³-hybridized carbons (Fsp3) is 0.714. The lowest BCUT2D eigenvalue weighted by molar-refractivity contribution is 0.357. The van der Waals surface area contributed by atoms with Gasteiger partial charge in [0.1, 0.15) is 0 Å². The van der Waals surface area contributed by atoms with Crippen molar-refractivity contribution >= 4 is 0 Å². The van der Waals surface area contributed by atoms with Crippen molar-refractivity contribution < 1.29 is 0 Å². The zero-order chi connectivity index (χ0) is 11.8. The van der Waals surface area contributed by atoms with Gasteiger partial charge in [-0.1, -0.05) is 45.4 Å². The van der Waals surface area contributed by atoms with E-state index in [2.05, 4.69) is 51.7 Å². The SMILES string of the molecule is C=CC(C)C(C(=CCNC)CC)C(C)C. The molecule has 2 unspecified atom stereocenters. The molecule has 1 heteroatoms. The predicted octanol–water partition coefficient (Wildman–Crippen LogP) is 3.64. The van der Waals surface area contributed by atoms with Crippen molar-refractivity contribution in [1.29, 1.82) is 0 Å². The molecule has 0 heterocycles. The van der Waals surface area contributed by atoms with Crippen LogP contribution in [0.15, 0.2) is 24.3 Å². The van der Waals surface area contributed by atoms with Crippen LogP contribution in [0.4, 0.5) is 0 Å². The monoisotopic (exact) mass is 209 g/mol. The van der Waals surface area contributed by atoms with Crippen LogP contribution in [-0.4, -0.2) is 13.6 Å². The second-order valence-electron chi connectivity index (χ2n) is 4.55. The van der Waals surface area contributed by atoms with Gasteiger partial charge in [-0.2, -0.15) is 0 Å². The topological polar surface area (TPSA) is 12.0 Å². The molecular weight excluding hydrogens is 182 g/mol. The van der Waals surface area contributed by atoms with Gasteiger partial charge in [0.2, 0.25) is 0 Å². The first kappa shape index (κ1) is 14.4. The molecule has 1 N–H and O–H groups in total. The molecule has 0 aliphatic heterocycles. The van der Waals surface area contributed by atoms with Crippen LogP contribution in [0.1, 0.15) is 34.1 Å². The first-order valence-corrected chi connectivity index (χ1v) is 6.04. The van der Waals surface area contributed by atoms with Crippen LogP contribution in [0.25, 0.3) is 0 Å². The molecule has 2 atom stereocenters. The predicted molar refractivity (Wildman–Crippen MR) is 70.0 cm³/mol. The van der Waals surface area contributed by atoms with Crippen molar-refractivity contribution in [1.82, 2.24) is 5.32 Å². The number of likely N-dealkylation sites (N-methyl/N-ethyl adjacent to an activating group) is 1. The summed E-state index contributed by atoms with van der Waals surface area (Å²) in [5.74, 6) is 1.88. The fourth-order valence-electron chi connectivity index (χ4n) is 2.27. The van der Waals surface area contributed by atoms with Gasteiger partial charge in [0.15, 0.2) is 0 Å². The Bertz CT molecular complexity index is 203. The van der Waals surface area contributed by atoms with E-state index in [0.29, 0.717) is 17.8 Å². The highest BCUT2D eigenvalue weighted by Gasteiger charge is 2.21. The summed E-state index contributed by atoms with van der Waals surface area (Å²) >= 11 is 0. The summed E-state index contributed by atoms with van der Waals surface area (Å²) in [5.41, 5.74) is 1.56. The van der Waals surface area contributed by atoms with E-state index in [-0.39, 0.29) is 0 Å². The average molecular weight is 209 g/mol. The Morgan fingerprint density at radius 1 is 1.33 bits per heavy atom. The van der Waals surface area contributed by atoms with Gasteiger partial charge in [-0.15, -0.1) is 6.58 Å². The summed E-state index contributed by atoms with van der Waals surface area (Å²) in [6.45, 7) is 14.0. The van der Waals surface area contributed by atoms with E-state index in [1.165, 1.54) is 0 Å². The smallest absolute Gasteiger partial charge is 0.0134 e. The summed E-state index contributed by atoms with van der Waals surface area (Å²) < 4.78 is 0. The summed E-state index contributed by atoms with van der Waals surface area (Å²) in [4.78, 5) is 0. The van der Waals surface area contributed by atoms with Gasteiger partial charge in [-0.25, -0.2) is 0 Å². The van der Waals surface area contributed by atoms with E-state index in [4.69, 9.17) is 0 Å². The summed E-state index contributed by atoms with van der Waals surface area (Å²) in [7, 11) is 1.99. The molecule has 0 radical (unpaired) electrons. The first-order chi connectivity index (χ1) is 7.08. The molecule has 0 amide bonds. The van der Waals surface area contributed by atoms with Crippen LogP contribution < -0.4 is 5.32 Å². The maximum absolute atomic E-state index is 3.92. The first-order valence-electron chi connectivity index (χ1n) is 6.04. The molecule has 0 bridgehead atoms. The molecule has 0 spiro atoms. The Kier molecular flexibility index (Phi) is 7.41. The van der Waals surface area contributed by atoms with Crippen molar-refractivity contribution in [2.45, 2.75) is 34.1 Å². The minimum Gasteiger partial charge on any atom is -0.316 e. The van der Waals surface area contributed by atoms with Crippen LogP contribution in [0.5, 0.6) is 0 Å². The van der Waals surface area contributed by atoms with Crippen LogP contribution in [0, 0.1) is 17.8 Å². The largest absolute Gasteiger partial charge is 0.316 e. The van der Waals surface area contributed by atoms with Crippen molar-refractivity contribution in [3.63, 3.8) is 0 Å². The summed E-state index contributed by atoms with van der Waals surface area (Å²) in [6, 6.07) is 0. The van der Waals surface area contributed by atoms with E-state index in [1.54, 1.807) is 5.57 Å². The number of nitrogens with one attached hydrogen (secondary N) is 1. The summed E-state index contributed by atoms with van der Waals surface area (Å²) in [6.07, 6.45) is 5.56. The number of rotatable bonds is 7. The number of hydrogen-bond donors (Lipinski definition) is 1. The zero-order valence-corrected chi connectivity index (χ0v) is 11.0. The number of allylic oxidation sites excluding steroid dienone is 2. The van der Waals surface area contributed by atoms with Crippen LogP contribution in [-0.2, 0) is 0 Å². The van der Waals surface area contributed by atoms with Crippen LogP contribution >= 0.6 is 0 Å². The Labute approximate surface area is 95.7 Å². The van der Waals surface area contributed by atoms with Gasteiger partial charge in [0.05, 0.1) is 0 Å². The molecule has 0 aliphatic carbocycles. The number of hydrogen-bond acceptors (Lipinski definition) is 1. The van der Waals surface area contributed by atoms with Crippen molar-refractivity contribution in [3.05, 3.63) is 24.3 Å². The zero-order valence-electron chi connectivity index (χ0n) is 11.0. The molecular formula is C14H27N. The van der Waals surface area contributed by atoms with Crippen molar-refractivity contribution in [2.24, 2.45) is 17.8 Å². The molecule has 0 aliphatic rings. The third-order valence-corrected chi connectivity index (χ3v) is 3.06. The minimum atomic E-state index is 0.563. The van der Waals surface area contributed by atoms with Gasteiger partial charge in [0.25, 0.3) is 0 Å².